The van der Waals surface area contributed by atoms with Crippen molar-refractivity contribution in [2.24, 2.45) is 0 Å². The van der Waals surface area contributed by atoms with Crippen LogP contribution in [0.25, 0.3) is 0 Å². The lowest BCUT2D eigenvalue weighted by atomic mass is 10.1. The number of benzene rings is 1. The Morgan fingerprint density at radius 1 is 1.24 bits per heavy atom. The van der Waals surface area contributed by atoms with Crippen LogP contribution in [0.15, 0.2) is 24.3 Å². The third-order valence-electron chi connectivity index (χ3n) is 3.47. The summed E-state index contributed by atoms with van der Waals surface area (Å²) in [5, 5.41) is 18.5. The van der Waals surface area contributed by atoms with Crippen LogP contribution in [0.5, 0.6) is 0 Å². The molecule has 0 unspecified atom stereocenters. The van der Waals surface area contributed by atoms with Crippen LogP contribution in [0.4, 0.5) is 11.5 Å². The lowest BCUT2D eigenvalue weighted by Crippen LogP contribution is -2.08. The van der Waals surface area contributed by atoms with Gasteiger partial charge in [0.25, 0.3) is 0 Å². The summed E-state index contributed by atoms with van der Waals surface area (Å²) in [6.45, 7) is 6.81. The van der Waals surface area contributed by atoms with E-state index in [0.717, 1.165) is 12.0 Å². The summed E-state index contributed by atoms with van der Waals surface area (Å²) < 4.78 is 1.63. The zero-order valence-electron chi connectivity index (χ0n) is 12.6. The number of aryl methyl sites for hydroxylation is 3. The largest absolute Gasteiger partial charge is 0.360 e. The van der Waals surface area contributed by atoms with E-state index in [0.29, 0.717) is 24.6 Å². The molecule has 1 aromatic heterocycles. The molecule has 0 radical (unpaired) electrons. The molecule has 0 bridgehead atoms. The Kier molecular flexibility index (Phi) is 4.57. The predicted molar refractivity (Wildman–Crippen MR) is 82.4 cm³/mol. The minimum absolute atomic E-state index is 0.0574. The SMILES string of the molecule is CCc1ccc(CNc2c([N+](=O)[O-])c(C)nn2CC)cc1. The van der Waals surface area contributed by atoms with Gasteiger partial charge in [0, 0.05) is 13.1 Å². The molecule has 2 aromatic rings. The molecule has 0 spiro atoms. The summed E-state index contributed by atoms with van der Waals surface area (Å²) in [6.07, 6.45) is 1.00. The van der Waals surface area contributed by atoms with Crippen LogP contribution in [0.1, 0.15) is 30.7 Å². The number of nitro groups is 1. The summed E-state index contributed by atoms with van der Waals surface area (Å²) in [4.78, 5) is 10.8. The van der Waals surface area contributed by atoms with Crippen molar-refractivity contribution in [3.8, 4) is 0 Å². The molecule has 0 amide bonds. The third-order valence-corrected chi connectivity index (χ3v) is 3.47. The molecular formula is C15H20N4O2. The number of hydrogen-bond acceptors (Lipinski definition) is 4. The van der Waals surface area contributed by atoms with Crippen molar-refractivity contribution in [2.75, 3.05) is 5.32 Å². The standard InChI is InChI=1S/C15H20N4O2/c1-4-12-6-8-13(9-7-12)10-16-15-14(19(20)21)11(3)17-18(15)5-2/h6-9,16H,4-5,10H2,1-3H3. The summed E-state index contributed by atoms with van der Waals surface area (Å²) in [5.41, 5.74) is 2.86. The van der Waals surface area contributed by atoms with Crippen LogP contribution in [0.2, 0.25) is 0 Å². The Bertz CT molecular complexity index is 632. The van der Waals surface area contributed by atoms with E-state index >= 15 is 0 Å². The molecule has 0 aliphatic rings. The highest BCUT2D eigenvalue weighted by atomic mass is 16.6. The molecule has 0 saturated carbocycles. The summed E-state index contributed by atoms with van der Waals surface area (Å²) in [7, 11) is 0. The first-order chi connectivity index (χ1) is 10.1. The molecule has 0 atom stereocenters. The normalized spacial score (nSPS) is 10.6. The van der Waals surface area contributed by atoms with Crippen LogP contribution >= 0.6 is 0 Å². The molecule has 1 heterocycles. The van der Waals surface area contributed by atoms with Gasteiger partial charge in [-0.1, -0.05) is 31.2 Å². The second-order valence-corrected chi connectivity index (χ2v) is 4.88. The molecular weight excluding hydrogens is 268 g/mol. The first kappa shape index (κ1) is 15.0. The van der Waals surface area contributed by atoms with Gasteiger partial charge in [-0.2, -0.15) is 5.10 Å². The molecule has 1 aromatic carbocycles. The monoisotopic (exact) mass is 288 g/mol. The van der Waals surface area contributed by atoms with Crippen molar-refractivity contribution >= 4 is 11.5 Å². The fourth-order valence-corrected chi connectivity index (χ4v) is 2.27. The van der Waals surface area contributed by atoms with Crippen molar-refractivity contribution in [3.63, 3.8) is 0 Å². The van der Waals surface area contributed by atoms with Gasteiger partial charge < -0.3 is 5.32 Å². The van der Waals surface area contributed by atoms with Crippen LogP contribution < -0.4 is 5.32 Å². The van der Waals surface area contributed by atoms with E-state index in [2.05, 4.69) is 29.5 Å². The molecule has 2 rings (SSSR count). The van der Waals surface area contributed by atoms with Gasteiger partial charge >= 0.3 is 5.69 Å². The van der Waals surface area contributed by atoms with Crippen LogP contribution in [-0.4, -0.2) is 14.7 Å². The maximum atomic E-state index is 11.2. The lowest BCUT2D eigenvalue weighted by Gasteiger charge is -2.08. The van der Waals surface area contributed by atoms with E-state index < -0.39 is 0 Å². The van der Waals surface area contributed by atoms with E-state index in [9.17, 15) is 10.1 Å². The number of hydrogen-bond donors (Lipinski definition) is 1. The van der Waals surface area contributed by atoms with E-state index in [-0.39, 0.29) is 10.6 Å². The predicted octanol–water partition coefficient (Wildman–Crippen LogP) is 3.29. The molecule has 6 heteroatoms. The summed E-state index contributed by atoms with van der Waals surface area (Å²) in [6, 6.07) is 8.23. The average Bonchev–Trinajstić information content (AvgIpc) is 2.81. The number of rotatable bonds is 6. The van der Waals surface area contributed by atoms with Gasteiger partial charge in [-0.05, 0) is 31.4 Å². The minimum atomic E-state index is -0.378. The molecule has 0 aliphatic carbocycles. The van der Waals surface area contributed by atoms with Gasteiger partial charge in [0.05, 0.1) is 4.92 Å². The molecule has 0 aliphatic heterocycles. The highest BCUT2D eigenvalue weighted by molar-refractivity contribution is 5.59. The van der Waals surface area contributed by atoms with Crippen molar-refractivity contribution in [1.29, 1.82) is 0 Å². The van der Waals surface area contributed by atoms with Gasteiger partial charge in [-0.3, -0.25) is 10.1 Å². The lowest BCUT2D eigenvalue weighted by molar-refractivity contribution is -0.384. The Hall–Kier alpha value is -2.37. The van der Waals surface area contributed by atoms with Crippen molar-refractivity contribution in [3.05, 3.63) is 51.2 Å². The first-order valence-corrected chi connectivity index (χ1v) is 7.10. The quantitative estimate of drug-likeness (QED) is 0.654. The minimum Gasteiger partial charge on any atom is -0.360 e. The summed E-state index contributed by atoms with van der Waals surface area (Å²) in [5.74, 6) is 0.472. The van der Waals surface area contributed by atoms with Gasteiger partial charge in [-0.15, -0.1) is 0 Å². The number of anilines is 1. The highest BCUT2D eigenvalue weighted by Crippen LogP contribution is 2.28. The molecule has 1 N–H and O–H groups in total. The third kappa shape index (κ3) is 3.21. The van der Waals surface area contributed by atoms with Crippen molar-refractivity contribution < 1.29 is 4.92 Å². The van der Waals surface area contributed by atoms with E-state index in [1.54, 1.807) is 11.6 Å². The number of nitrogens with one attached hydrogen (secondary N) is 1. The van der Waals surface area contributed by atoms with E-state index in [4.69, 9.17) is 0 Å². The molecule has 6 nitrogen and oxygen atoms in total. The van der Waals surface area contributed by atoms with Gasteiger partial charge in [-0.25, -0.2) is 4.68 Å². The zero-order chi connectivity index (χ0) is 15.4. The van der Waals surface area contributed by atoms with Crippen LogP contribution in [0.3, 0.4) is 0 Å². The molecule has 0 fully saturated rings. The fourth-order valence-electron chi connectivity index (χ4n) is 2.27. The van der Waals surface area contributed by atoms with Gasteiger partial charge in [0.2, 0.25) is 5.82 Å². The first-order valence-electron chi connectivity index (χ1n) is 7.10. The average molecular weight is 288 g/mol. The van der Waals surface area contributed by atoms with E-state index in [1.807, 2.05) is 19.1 Å². The number of nitrogens with zero attached hydrogens (tertiary/aromatic N) is 3. The molecule has 0 saturated heterocycles. The Balaban J connectivity index is 2.20. The van der Waals surface area contributed by atoms with E-state index in [1.165, 1.54) is 5.56 Å². The van der Waals surface area contributed by atoms with Crippen molar-refractivity contribution in [2.45, 2.75) is 40.3 Å². The second-order valence-electron chi connectivity index (χ2n) is 4.88. The maximum absolute atomic E-state index is 11.2. The zero-order valence-corrected chi connectivity index (χ0v) is 12.6. The number of aromatic nitrogens is 2. The van der Waals surface area contributed by atoms with Crippen LogP contribution in [0, 0.1) is 17.0 Å². The second kappa shape index (κ2) is 6.39. The smallest absolute Gasteiger partial charge is 0.333 e. The summed E-state index contributed by atoms with van der Waals surface area (Å²) >= 11 is 0. The van der Waals surface area contributed by atoms with Crippen molar-refractivity contribution in [1.82, 2.24) is 9.78 Å². The van der Waals surface area contributed by atoms with Gasteiger partial charge in [0.1, 0.15) is 5.69 Å². The molecule has 21 heavy (non-hydrogen) atoms. The molecule has 112 valence electrons. The fraction of sp³-hybridized carbons (Fsp3) is 0.400. The topological polar surface area (TPSA) is 73.0 Å². The Labute approximate surface area is 123 Å². The Morgan fingerprint density at radius 2 is 1.86 bits per heavy atom. The Morgan fingerprint density at radius 3 is 2.38 bits per heavy atom. The highest BCUT2D eigenvalue weighted by Gasteiger charge is 2.24. The van der Waals surface area contributed by atoms with Crippen LogP contribution in [-0.2, 0) is 19.5 Å². The van der Waals surface area contributed by atoms with Gasteiger partial charge in [0.15, 0.2) is 0 Å². The maximum Gasteiger partial charge on any atom is 0.333 e.